The van der Waals surface area contributed by atoms with Gasteiger partial charge in [0, 0.05) is 35.5 Å². The molecule has 1 aliphatic heterocycles. The molecule has 1 saturated heterocycles. The Morgan fingerprint density at radius 1 is 1.64 bits per heavy atom. The van der Waals surface area contributed by atoms with Gasteiger partial charge in [-0.25, -0.2) is 0 Å². The maximum Gasteiger partial charge on any atom is 0.0468 e. The Morgan fingerprint density at radius 2 is 2.45 bits per heavy atom. The third kappa shape index (κ3) is 3.34. The van der Waals surface area contributed by atoms with Gasteiger partial charge in [-0.3, -0.25) is 4.21 Å². The van der Waals surface area contributed by atoms with Crippen molar-refractivity contribution in [1.29, 1.82) is 0 Å². The predicted molar refractivity (Wildman–Crippen MR) is 47.1 cm³/mol. The van der Waals surface area contributed by atoms with E-state index in [1.807, 2.05) is 6.92 Å². The van der Waals surface area contributed by atoms with Crippen LogP contribution in [0.1, 0.15) is 19.8 Å². The first-order valence-corrected chi connectivity index (χ1v) is 5.74. The molecule has 2 atom stereocenters. The molecule has 0 amide bonds. The summed E-state index contributed by atoms with van der Waals surface area (Å²) in [6.45, 7) is 3.65. The fourth-order valence-electron chi connectivity index (χ4n) is 1.35. The lowest BCUT2D eigenvalue weighted by Gasteiger charge is -2.06. The van der Waals surface area contributed by atoms with Crippen molar-refractivity contribution in [3.8, 4) is 0 Å². The van der Waals surface area contributed by atoms with Crippen LogP contribution in [-0.2, 0) is 15.5 Å². The molecule has 1 fully saturated rings. The van der Waals surface area contributed by atoms with Gasteiger partial charge in [-0.2, -0.15) is 0 Å². The van der Waals surface area contributed by atoms with Crippen molar-refractivity contribution in [2.24, 2.45) is 5.92 Å². The smallest absolute Gasteiger partial charge is 0.0468 e. The monoisotopic (exact) mass is 176 g/mol. The molecule has 0 aliphatic carbocycles. The number of ether oxygens (including phenoxy) is 1. The Balaban J connectivity index is 2.04. The Hall–Kier alpha value is 0.110. The van der Waals surface area contributed by atoms with Crippen LogP contribution in [0.2, 0.25) is 0 Å². The van der Waals surface area contributed by atoms with Gasteiger partial charge in [0.25, 0.3) is 0 Å². The first-order chi connectivity index (χ1) is 5.33. The molecular weight excluding hydrogens is 160 g/mol. The summed E-state index contributed by atoms with van der Waals surface area (Å²) in [7, 11) is -0.514. The Bertz CT molecular complexity index is 136. The van der Waals surface area contributed by atoms with Crippen molar-refractivity contribution in [2.45, 2.75) is 19.8 Å². The molecular formula is C8H16O2S. The Kier molecular flexibility index (Phi) is 4.08. The number of rotatable bonds is 4. The lowest BCUT2D eigenvalue weighted by atomic mass is 10.1. The lowest BCUT2D eigenvalue weighted by molar-refractivity contribution is 0.135. The van der Waals surface area contributed by atoms with E-state index in [1.165, 1.54) is 0 Å². The normalized spacial score (nSPS) is 31.0. The maximum atomic E-state index is 11.0. The van der Waals surface area contributed by atoms with Crippen molar-refractivity contribution in [2.75, 3.05) is 24.7 Å². The van der Waals surface area contributed by atoms with Crippen molar-refractivity contribution in [1.82, 2.24) is 0 Å². The second-order valence-electron chi connectivity index (χ2n) is 2.95. The van der Waals surface area contributed by atoms with E-state index in [4.69, 9.17) is 4.74 Å². The first-order valence-electron chi connectivity index (χ1n) is 4.25. The predicted octanol–water partition coefficient (Wildman–Crippen LogP) is 1.18. The molecule has 0 aromatic rings. The zero-order chi connectivity index (χ0) is 8.10. The van der Waals surface area contributed by atoms with Crippen LogP contribution in [0.15, 0.2) is 0 Å². The summed E-state index contributed by atoms with van der Waals surface area (Å²) in [5.74, 6) is 2.49. The molecule has 0 bridgehead atoms. The van der Waals surface area contributed by atoms with E-state index in [1.54, 1.807) is 0 Å². The fraction of sp³-hybridized carbons (Fsp3) is 1.00. The van der Waals surface area contributed by atoms with Crippen LogP contribution >= 0.6 is 0 Å². The molecule has 2 unspecified atom stereocenters. The molecule has 66 valence electrons. The second-order valence-corrected chi connectivity index (χ2v) is 4.57. The van der Waals surface area contributed by atoms with Crippen LogP contribution in [0, 0.1) is 5.92 Å². The summed E-state index contributed by atoms with van der Waals surface area (Å²) < 4.78 is 16.2. The molecule has 11 heavy (non-hydrogen) atoms. The quantitative estimate of drug-likeness (QED) is 0.601. The van der Waals surface area contributed by atoms with Gasteiger partial charge in [-0.05, 0) is 25.7 Å². The van der Waals surface area contributed by atoms with Crippen LogP contribution < -0.4 is 0 Å². The second kappa shape index (κ2) is 4.88. The molecule has 1 heterocycles. The van der Waals surface area contributed by atoms with Gasteiger partial charge >= 0.3 is 0 Å². The standard InChI is InChI=1S/C8H16O2S/c1-2-10-5-3-8-4-6-11(9)7-8/h8H,2-7H2,1H3. The molecule has 1 rings (SSSR count). The zero-order valence-corrected chi connectivity index (χ0v) is 7.86. The molecule has 0 N–H and O–H groups in total. The van der Waals surface area contributed by atoms with Gasteiger partial charge < -0.3 is 4.74 Å². The summed E-state index contributed by atoms with van der Waals surface area (Å²) in [5, 5.41) is 0. The SMILES string of the molecule is CCOCCC1CCS(=O)C1. The molecule has 0 radical (unpaired) electrons. The summed E-state index contributed by atoms with van der Waals surface area (Å²) in [4.78, 5) is 0. The molecule has 2 nitrogen and oxygen atoms in total. The van der Waals surface area contributed by atoms with Gasteiger partial charge in [0.15, 0.2) is 0 Å². The van der Waals surface area contributed by atoms with E-state index in [9.17, 15) is 4.21 Å². The summed E-state index contributed by atoms with van der Waals surface area (Å²) >= 11 is 0. The van der Waals surface area contributed by atoms with Crippen LogP contribution in [0.5, 0.6) is 0 Å². The summed E-state index contributed by atoms with van der Waals surface area (Å²) in [5.41, 5.74) is 0. The number of hydrogen-bond acceptors (Lipinski definition) is 2. The van der Waals surface area contributed by atoms with Crippen molar-refractivity contribution >= 4 is 10.8 Å². The van der Waals surface area contributed by atoms with Crippen LogP contribution in [0.4, 0.5) is 0 Å². The van der Waals surface area contributed by atoms with Crippen LogP contribution in [0.25, 0.3) is 0 Å². The average Bonchev–Trinajstić information content (AvgIpc) is 2.37. The fourth-order valence-corrected chi connectivity index (χ4v) is 2.97. The van der Waals surface area contributed by atoms with E-state index in [-0.39, 0.29) is 0 Å². The molecule has 0 aromatic heterocycles. The zero-order valence-electron chi connectivity index (χ0n) is 7.04. The minimum absolute atomic E-state index is 0.514. The maximum absolute atomic E-state index is 11.0. The summed E-state index contributed by atoms with van der Waals surface area (Å²) in [6, 6.07) is 0. The van der Waals surface area contributed by atoms with Crippen molar-refractivity contribution in [3.63, 3.8) is 0 Å². The topological polar surface area (TPSA) is 26.3 Å². The highest BCUT2D eigenvalue weighted by molar-refractivity contribution is 7.85. The van der Waals surface area contributed by atoms with E-state index in [0.717, 1.165) is 37.6 Å². The van der Waals surface area contributed by atoms with Crippen LogP contribution in [0.3, 0.4) is 0 Å². The molecule has 0 spiro atoms. The minimum Gasteiger partial charge on any atom is -0.382 e. The lowest BCUT2D eigenvalue weighted by Crippen LogP contribution is -2.05. The molecule has 1 aliphatic rings. The third-order valence-corrected chi connectivity index (χ3v) is 3.58. The Morgan fingerprint density at radius 3 is 3.00 bits per heavy atom. The van der Waals surface area contributed by atoms with Gasteiger partial charge in [0.05, 0.1) is 0 Å². The highest BCUT2D eigenvalue weighted by atomic mass is 32.2. The first kappa shape index (κ1) is 9.20. The van der Waals surface area contributed by atoms with Gasteiger partial charge in [-0.1, -0.05) is 0 Å². The van der Waals surface area contributed by atoms with Crippen LogP contribution in [-0.4, -0.2) is 28.9 Å². The third-order valence-electron chi connectivity index (χ3n) is 2.05. The average molecular weight is 176 g/mol. The highest BCUT2D eigenvalue weighted by Gasteiger charge is 2.20. The van der Waals surface area contributed by atoms with E-state index < -0.39 is 10.8 Å². The van der Waals surface area contributed by atoms with Gasteiger partial charge in [-0.15, -0.1) is 0 Å². The van der Waals surface area contributed by atoms with Crippen molar-refractivity contribution in [3.05, 3.63) is 0 Å². The van der Waals surface area contributed by atoms with E-state index >= 15 is 0 Å². The molecule has 3 heteroatoms. The largest absolute Gasteiger partial charge is 0.382 e. The molecule has 0 aromatic carbocycles. The van der Waals surface area contributed by atoms with Gasteiger partial charge in [0.1, 0.15) is 0 Å². The Labute approximate surface area is 70.8 Å². The number of hydrogen-bond donors (Lipinski definition) is 0. The summed E-state index contributed by atoms with van der Waals surface area (Å²) in [6.07, 6.45) is 2.24. The highest BCUT2D eigenvalue weighted by Crippen LogP contribution is 2.18. The van der Waals surface area contributed by atoms with Gasteiger partial charge in [0.2, 0.25) is 0 Å². The van der Waals surface area contributed by atoms with E-state index in [0.29, 0.717) is 5.92 Å². The van der Waals surface area contributed by atoms with Crippen molar-refractivity contribution < 1.29 is 8.95 Å². The van der Waals surface area contributed by atoms with E-state index in [2.05, 4.69) is 0 Å². The molecule has 0 saturated carbocycles. The minimum atomic E-state index is -0.514.